The summed E-state index contributed by atoms with van der Waals surface area (Å²) in [5, 5.41) is 2.75. The second-order valence-corrected chi connectivity index (χ2v) is 4.78. The van der Waals surface area contributed by atoms with Crippen LogP contribution in [0, 0.1) is 0 Å². The molecule has 0 heterocycles. The zero-order valence-electron chi connectivity index (χ0n) is 11.0. The third-order valence-electron chi connectivity index (χ3n) is 2.14. The molecule has 1 aromatic carbocycles. The van der Waals surface area contributed by atoms with Gasteiger partial charge in [-0.2, -0.15) is 0 Å². The Kier molecular flexibility index (Phi) is 6.73. The first-order chi connectivity index (χ1) is 7.88. The predicted molar refractivity (Wildman–Crippen MR) is 75.1 cm³/mol. The summed E-state index contributed by atoms with van der Waals surface area (Å²) >= 11 is 0. The highest BCUT2D eigenvalue weighted by atomic mass is 35.5. The summed E-state index contributed by atoms with van der Waals surface area (Å²) in [5.41, 5.74) is 5.37. The number of halogens is 1. The van der Waals surface area contributed by atoms with Crippen LogP contribution in [0.15, 0.2) is 30.3 Å². The third kappa shape index (κ3) is 6.47. The minimum atomic E-state index is -0.528. The molecule has 0 aliphatic heterocycles. The summed E-state index contributed by atoms with van der Waals surface area (Å²) in [7, 11) is 0. The van der Waals surface area contributed by atoms with E-state index in [0.717, 1.165) is 0 Å². The Morgan fingerprint density at radius 2 is 1.94 bits per heavy atom. The van der Waals surface area contributed by atoms with Crippen LogP contribution in [-0.2, 0) is 4.79 Å². The fourth-order valence-corrected chi connectivity index (χ4v) is 1.22. The Bertz CT molecular complexity index is 363. The van der Waals surface area contributed by atoms with Gasteiger partial charge in [-0.05, 0) is 32.9 Å². The molecule has 1 unspecified atom stereocenters. The van der Waals surface area contributed by atoms with Crippen molar-refractivity contribution in [1.29, 1.82) is 0 Å². The maximum atomic E-state index is 11.7. The molecular weight excluding hydrogens is 252 g/mol. The second kappa shape index (κ2) is 7.24. The molecule has 3 N–H and O–H groups in total. The second-order valence-electron chi connectivity index (χ2n) is 4.78. The van der Waals surface area contributed by atoms with Gasteiger partial charge in [-0.15, -0.1) is 12.4 Å². The minimum Gasteiger partial charge on any atom is -0.481 e. The highest BCUT2D eigenvalue weighted by molar-refractivity contribution is 5.85. The minimum absolute atomic E-state index is 0. The summed E-state index contributed by atoms with van der Waals surface area (Å²) < 4.78 is 5.49. The Morgan fingerprint density at radius 1 is 1.39 bits per heavy atom. The largest absolute Gasteiger partial charge is 0.481 e. The molecule has 0 spiro atoms. The number of nitrogens with two attached hydrogens (primary N) is 1. The van der Waals surface area contributed by atoms with E-state index in [4.69, 9.17) is 10.5 Å². The molecule has 0 aromatic heterocycles. The number of benzene rings is 1. The van der Waals surface area contributed by atoms with E-state index in [1.54, 1.807) is 6.92 Å². The van der Waals surface area contributed by atoms with Crippen LogP contribution in [-0.4, -0.2) is 24.1 Å². The van der Waals surface area contributed by atoms with Crippen molar-refractivity contribution >= 4 is 18.3 Å². The van der Waals surface area contributed by atoms with Crippen molar-refractivity contribution in [2.24, 2.45) is 5.73 Å². The van der Waals surface area contributed by atoms with Crippen LogP contribution < -0.4 is 15.8 Å². The summed E-state index contributed by atoms with van der Waals surface area (Å²) in [6, 6.07) is 9.26. The molecule has 102 valence electrons. The zero-order valence-corrected chi connectivity index (χ0v) is 11.8. The first kappa shape index (κ1) is 16.7. The lowest BCUT2D eigenvalue weighted by Gasteiger charge is -2.21. The molecule has 0 radical (unpaired) electrons. The molecule has 18 heavy (non-hydrogen) atoms. The first-order valence-corrected chi connectivity index (χ1v) is 5.67. The van der Waals surface area contributed by atoms with Gasteiger partial charge in [0.15, 0.2) is 6.10 Å². The lowest BCUT2D eigenvalue weighted by atomic mass is 10.1. The molecule has 0 aliphatic rings. The average molecular weight is 273 g/mol. The average Bonchev–Trinajstić information content (AvgIpc) is 2.26. The molecule has 0 bridgehead atoms. The van der Waals surface area contributed by atoms with E-state index in [2.05, 4.69) is 5.32 Å². The highest BCUT2D eigenvalue weighted by Gasteiger charge is 2.17. The molecule has 1 aromatic rings. The quantitative estimate of drug-likeness (QED) is 0.858. The topological polar surface area (TPSA) is 64.3 Å². The van der Waals surface area contributed by atoms with Crippen molar-refractivity contribution < 1.29 is 9.53 Å². The van der Waals surface area contributed by atoms with Crippen LogP contribution in [0.3, 0.4) is 0 Å². The fraction of sp³-hybridized carbons (Fsp3) is 0.462. The number of carbonyl (C=O) groups excluding carboxylic acids is 1. The smallest absolute Gasteiger partial charge is 0.260 e. The van der Waals surface area contributed by atoms with Crippen LogP contribution >= 0.6 is 12.4 Å². The number of para-hydroxylation sites is 1. The van der Waals surface area contributed by atoms with Gasteiger partial charge < -0.3 is 15.8 Å². The van der Waals surface area contributed by atoms with Crippen molar-refractivity contribution in [3.63, 3.8) is 0 Å². The van der Waals surface area contributed by atoms with Gasteiger partial charge in [-0.25, -0.2) is 0 Å². The van der Waals surface area contributed by atoms with E-state index >= 15 is 0 Å². The van der Waals surface area contributed by atoms with Gasteiger partial charge in [0.05, 0.1) is 0 Å². The number of hydrogen-bond donors (Lipinski definition) is 2. The Hall–Kier alpha value is -1.26. The fourth-order valence-electron chi connectivity index (χ4n) is 1.22. The lowest BCUT2D eigenvalue weighted by Crippen LogP contribution is -2.48. The highest BCUT2D eigenvalue weighted by Crippen LogP contribution is 2.10. The van der Waals surface area contributed by atoms with E-state index in [1.165, 1.54) is 0 Å². The van der Waals surface area contributed by atoms with Gasteiger partial charge in [0.2, 0.25) is 0 Å². The van der Waals surface area contributed by atoms with Gasteiger partial charge in [0.25, 0.3) is 5.91 Å². The maximum absolute atomic E-state index is 11.7. The Balaban J connectivity index is 0.00000289. The normalized spacial score (nSPS) is 12.2. The Labute approximate surface area is 114 Å². The van der Waals surface area contributed by atoms with Crippen LogP contribution in [0.1, 0.15) is 20.8 Å². The number of amides is 1. The van der Waals surface area contributed by atoms with Gasteiger partial charge in [-0.1, -0.05) is 18.2 Å². The van der Waals surface area contributed by atoms with Crippen LogP contribution in [0.5, 0.6) is 5.75 Å². The van der Waals surface area contributed by atoms with Gasteiger partial charge >= 0.3 is 0 Å². The Morgan fingerprint density at radius 3 is 2.44 bits per heavy atom. The van der Waals surface area contributed by atoms with Crippen LogP contribution in [0.2, 0.25) is 0 Å². The molecule has 0 fully saturated rings. The van der Waals surface area contributed by atoms with E-state index < -0.39 is 11.6 Å². The molecule has 0 saturated carbocycles. The molecule has 1 amide bonds. The summed E-state index contributed by atoms with van der Waals surface area (Å²) in [5.74, 6) is 0.523. The van der Waals surface area contributed by atoms with E-state index in [9.17, 15) is 4.79 Å². The third-order valence-corrected chi connectivity index (χ3v) is 2.14. The van der Waals surface area contributed by atoms with Crippen LogP contribution in [0.4, 0.5) is 0 Å². The summed E-state index contributed by atoms with van der Waals surface area (Å²) in [6.45, 7) is 5.85. The van der Waals surface area contributed by atoms with Crippen molar-refractivity contribution in [3.8, 4) is 5.75 Å². The van der Waals surface area contributed by atoms with Crippen molar-refractivity contribution in [2.45, 2.75) is 32.4 Å². The molecule has 4 nitrogen and oxygen atoms in total. The lowest BCUT2D eigenvalue weighted by molar-refractivity contribution is -0.127. The van der Waals surface area contributed by atoms with Crippen molar-refractivity contribution in [2.75, 3.05) is 6.54 Å². The van der Waals surface area contributed by atoms with E-state index in [1.807, 2.05) is 44.2 Å². The molecule has 5 heteroatoms. The maximum Gasteiger partial charge on any atom is 0.260 e. The van der Waals surface area contributed by atoms with Gasteiger partial charge in [0, 0.05) is 12.1 Å². The number of hydrogen-bond acceptors (Lipinski definition) is 3. The number of carbonyl (C=O) groups is 1. The number of rotatable bonds is 5. The number of nitrogens with one attached hydrogen (secondary N) is 1. The standard InChI is InChI=1S/C13H20N2O2.ClH/c1-10(12(16)15-9-13(2,3)14)17-11-7-5-4-6-8-11;/h4-8,10H,9,14H2,1-3H3,(H,15,16);1H. The van der Waals surface area contributed by atoms with Crippen molar-refractivity contribution in [1.82, 2.24) is 5.32 Å². The molecule has 0 saturated heterocycles. The van der Waals surface area contributed by atoms with Crippen LogP contribution in [0.25, 0.3) is 0 Å². The van der Waals surface area contributed by atoms with E-state index in [-0.39, 0.29) is 18.3 Å². The van der Waals surface area contributed by atoms with E-state index in [0.29, 0.717) is 12.3 Å². The summed E-state index contributed by atoms with van der Waals surface area (Å²) in [6.07, 6.45) is -0.528. The molecular formula is C13H21ClN2O2. The number of ether oxygens (including phenoxy) is 1. The zero-order chi connectivity index (χ0) is 12.9. The molecule has 1 atom stereocenters. The monoisotopic (exact) mass is 272 g/mol. The molecule has 1 rings (SSSR count). The van der Waals surface area contributed by atoms with Gasteiger partial charge in [0.1, 0.15) is 5.75 Å². The summed E-state index contributed by atoms with van der Waals surface area (Å²) in [4.78, 5) is 11.7. The van der Waals surface area contributed by atoms with Gasteiger partial charge in [-0.3, -0.25) is 4.79 Å². The van der Waals surface area contributed by atoms with Crippen molar-refractivity contribution in [3.05, 3.63) is 30.3 Å². The SMILES string of the molecule is CC(Oc1ccccc1)C(=O)NCC(C)(C)N.Cl. The first-order valence-electron chi connectivity index (χ1n) is 5.67. The predicted octanol–water partition coefficient (Wildman–Crippen LogP) is 1.73. The molecule has 0 aliphatic carbocycles.